The number of nitrogens with one attached hydrogen (secondary N) is 1. The zero-order chi connectivity index (χ0) is 16.7. The molecule has 8 heteroatoms. The van der Waals surface area contributed by atoms with Crippen molar-refractivity contribution < 1.29 is 19.1 Å². The lowest BCUT2D eigenvalue weighted by Crippen LogP contribution is -2.36. The molecule has 1 aromatic carbocycles. The molecule has 25 heavy (non-hydrogen) atoms. The SMILES string of the molecule is C=CCOC(=O)CNC1CC(C(=O)Oc2ccccc2)N(C)C1.Cl.Cl. The van der Waals surface area contributed by atoms with Crippen molar-refractivity contribution in [2.24, 2.45) is 0 Å². The van der Waals surface area contributed by atoms with Gasteiger partial charge in [-0.05, 0) is 25.6 Å². The van der Waals surface area contributed by atoms with Gasteiger partial charge in [0.25, 0.3) is 0 Å². The van der Waals surface area contributed by atoms with Crippen LogP contribution in [0, 0.1) is 0 Å². The van der Waals surface area contributed by atoms with Crippen LogP contribution in [0.15, 0.2) is 43.0 Å². The molecule has 6 nitrogen and oxygen atoms in total. The summed E-state index contributed by atoms with van der Waals surface area (Å²) < 4.78 is 10.3. The third-order valence-corrected chi connectivity index (χ3v) is 3.68. The molecule has 1 aliphatic rings. The van der Waals surface area contributed by atoms with Crippen LogP contribution < -0.4 is 10.1 Å². The average molecular weight is 391 g/mol. The molecule has 0 amide bonds. The van der Waals surface area contributed by atoms with Crippen molar-refractivity contribution in [3.8, 4) is 5.75 Å². The van der Waals surface area contributed by atoms with Crippen molar-refractivity contribution in [3.63, 3.8) is 0 Å². The van der Waals surface area contributed by atoms with Gasteiger partial charge in [-0.3, -0.25) is 9.69 Å². The lowest BCUT2D eigenvalue weighted by Gasteiger charge is -2.17. The van der Waals surface area contributed by atoms with E-state index in [9.17, 15) is 9.59 Å². The highest BCUT2D eigenvalue weighted by Gasteiger charge is 2.35. The van der Waals surface area contributed by atoms with Crippen molar-refractivity contribution >= 4 is 36.8 Å². The number of likely N-dealkylation sites (N-methyl/N-ethyl adjacent to an activating group) is 1. The molecule has 2 atom stereocenters. The predicted molar refractivity (Wildman–Crippen MR) is 101 cm³/mol. The van der Waals surface area contributed by atoms with Crippen molar-refractivity contribution in [1.29, 1.82) is 0 Å². The normalized spacial score (nSPS) is 19.2. The molecule has 0 aromatic heterocycles. The summed E-state index contributed by atoms with van der Waals surface area (Å²) >= 11 is 0. The monoisotopic (exact) mass is 390 g/mol. The number of ether oxygens (including phenoxy) is 2. The van der Waals surface area contributed by atoms with Gasteiger partial charge in [0.1, 0.15) is 18.4 Å². The molecular formula is C17H24Cl2N2O4. The van der Waals surface area contributed by atoms with Gasteiger partial charge in [0, 0.05) is 12.6 Å². The van der Waals surface area contributed by atoms with E-state index in [1.807, 2.05) is 30.1 Å². The Kier molecular flexibility index (Phi) is 11.1. The highest BCUT2D eigenvalue weighted by Crippen LogP contribution is 2.19. The van der Waals surface area contributed by atoms with E-state index in [1.54, 1.807) is 12.1 Å². The van der Waals surface area contributed by atoms with E-state index in [2.05, 4.69) is 11.9 Å². The molecular weight excluding hydrogens is 367 g/mol. The van der Waals surface area contributed by atoms with E-state index in [0.717, 1.165) is 0 Å². The van der Waals surface area contributed by atoms with E-state index in [1.165, 1.54) is 6.08 Å². The van der Waals surface area contributed by atoms with E-state index in [0.29, 0.717) is 18.7 Å². The molecule has 1 N–H and O–H groups in total. The van der Waals surface area contributed by atoms with Gasteiger partial charge < -0.3 is 14.8 Å². The third-order valence-electron chi connectivity index (χ3n) is 3.68. The van der Waals surface area contributed by atoms with Gasteiger partial charge in [0.15, 0.2) is 0 Å². The Morgan fingerprint density at radius 3 is 2.64 bits per heavy atom. The number of carbonyl (C=O) groups is 2. The highest BCUT2D eigenvalue weighted by molar-refractivity contribution is 5.85. The zero-order valence-electron chi connectivity index (χ0n) is 14.1. The summed E-state index contributed by atoms with van der Waals surface area (Å²) in [6, 6.07) is 8.72. The first kappa shape index (κ1) is 23.4. The van der Waals surface area contributed by atoms with Crippen molar-refractivity contribution in [2.75, 3.05) is 26.7 Å². The van der Waals surface area contributed by atoms with Crippen LogP contribution >= 0.6 is 24.8 Å². The van der Waals surface area contributed by atoms with Gasteiger partial charge in [-0.25, -0.2) is 4.79 Å². The third kappa shape index (κ3) is 7.44. The summed E-state index contributed by atoms with van der Waals surface area (Å²) in [5, 5.41) is 3.11. The van der Waals surface area contributed by atoms with Gasteiger partial charge in [0.05, 0.1) is 6.54 Å². The Morgan fingerprint density at radius 2 is 2.00 bits per heavy atom. The highest BCUT2D eigenvalue weighted by atomic mass is 35.5. The molecule has 1 saturated heterocycles. The Hall–Kier alpha value is -1.60. The molecule has 2 rings (SSSR count). The number of hydrogen-bond donors (Lipinski definition) is 1. The molecule has 0 spiro atoms. The Labute approximate surface area is 160 Å². The Morgan fingerprint density at radius 1 is 1.32 bits per heavy atom. The number of likely N-dealkylation sites (tertiary alicyclic amines) is 1. The van der Waals surface area contributed by atoms with Crippen molar-refractivity contribution in [1.82, 2.24) is 10.2 Å². The molecule has 2 unspecified atom stereocenters. The van der Waals surface area contributed by atoms with Crippen LogP contribution in [0.2, 0.25) is 0 Å². The van der Waals surface area contributed by atoms with E-state index in [-0.39, 0.29) is 62.0 Å². The minimum absolute atomic E-state index is 0. The van der Waals surface area contributed by atoms with Crippen molar-refractivity contribution in [3.05, 3.63) is 43.0 Å². The maximum Gasteiger partial charge on any atom is 0.328 e. The van der Waals surface area contributed by atoms with Crippen LogP contribution in [0.5, 0.6) is 5.75 Å². The van der Waals surface area contributed by atoms with E-state index >= 15 is 0 Å². The maximum absolute atomic E-state index is 12.3. The topological polar surface area (TPSA) is 67.9 Å². The van der Waals surface area contributed by atoms with Crippen LogP contribution in [0.3, 0.4) is 0 Å². The summed E-state index contributed by atoms with van der Waals surface area (Å²) in [4.78, 5) is 25.6. The van der Waals surface area contributed by atoms with E-state index in [4.69, 9.17) is 9.47 Å². The standard InChI is InChI=1S/C17H22N2O4.2ClH/c1-3-9-22-16(20)11-18-13-10-15(19(2)12-13)17(21)23-14-7-5-4-6-8-14;;/h3-8,13,15,18H,1,9-12H2,2H3;2*1H. The molecule has 1 aromatic rings. The first-order chi connectivity index (χ1) is 11.1. The second-order valence-corrected chi connectivity index (χ2v) is 5.47. The first-order valence-electron chi connectivity index (χ1n) is 7.57. The zero-order valence-corrected chi connectivity index (χ0v) is 15.7. The van der Waals surface area contributed by atoms with Gasteiger partial charge in [-0.1, -0.05) is 30.9 Å². The summed E-state index contributed by atoms with van der Waals surface area (Å²) in [6.07, 6.45) is 2.12. The smallest absolute Gasteiger partial charge is 0.328 e. The molecule has 0 saturated carbocycles. The maximum atomic E-state index is 12.3. The largest absolute Gasteiger partial charge is 0.461 e. The summed E-state index contributed by atoms with van der Waals surface area (Å²) in [6.45, 7) is 4.48. The molecule has 1 aliphatic heterocycles. The van der Waals surface area contributed by atoms with Crippen molar-refractivity contribution in [2.45, 2.75) is 18.5 Å². The second kappa shape index (κ2) is 11.9. The Balaban J connectivity index is 0.00000288. The summed E-state index contributed by atoms with van der Waals surface area (Å²) in [5.74, 6) is -0.0737. The molecule has 0 aliphatic carbocycles. The van der Waals surface area contributed by atoms with Gasteiger partial charge >= 0.3 is 11.9 Å². The summed E-state index contributed by atoms with van der Waals surface area (Å²) in [5.41, 5.74) is 0. The fourth-order valence-corrected chi connectivity index (χ4v) is 2.53. The number of halogens is 2. The van der Waals surface area contributed by atoms with Crippen LogP contribution in [-0.4, -0.2) is 55.7 Å². The molecule has 140 valence electrons. The lowest BCUT2D eigenvalue weighted by atomic mass is 10.1. The van der Waals surface area contributed by atoms with E-state index < -0.39 is 0 Å². The lowest BCUT2D eigenvalue weighted by molar-refractivity contribution is -0.141. The number of rotatable bonds is 7. The van der Waals surface area contributed by atoms with Crippen LogP contribution in [0.25, 0.3) is 0 Å². The number of nitrogens with zero attached hydrogens (tertiary/aromatic N) is 1. The molecule has 1 heterocycles. The predicted octanol–water partition coefficient (Wildman–Crippen LogP) is 1.83. The molecule has 0 radical (unpaired) electrons. The molecule has 0 bridgehead atoms. The number of esters is 2. The molecule has 1 fully saturated rings. The van der Waals surface area contributed by atoms with Crippen LogP contribution in [-0.2, 0) is 14.3 Å². The van der Waals surface area contributed by atoms with Crippen LogP contribution in [0.1, 0.15) is 6.42 Å². The van der Waals surface area contributed by atoms with Crippen LogP contribution in [0.4, 0.5) is 0 Å². The number of para-hydroxylation sites is 1. The average Bonchev–Trinajstić information content (AvgIpc) is 2.93. The Bertz CT molecular complexity index is 557. The van der Waals surface area contributed by atoms with Gasteiger partial charge in [-0.2, -0.15) is 0 Å². The number of hydrogen-bond acceptors (Lipinski definition) is 6. The van der Waals surface area contributed by atoms with Gasteiger partial charge in [-0.15, -0.1) is 24.8 Å². The fourth-order valence-electron chi connectivity index (χ4n) is 2.53. The minimum Gasteiger partial charge on any atom is -0.461 e. The quantitative estimate of drug-likeness (QED) is 0.435. The number of carbonyl (C=O) groups excluding carboxylic acids is 2. The fraction of sp³-hybridized carbons (Fsp3) is 0.412. The van der Waals surface area contributed by atoms with Gasteiger partial charge in [0.2, 0.25) is 0 Å². The number of benzene rings is 1. The summed E-state index contributed by atoms with van der Waals surface area (Å²) in [7, 11) is 1.87. The minimum atomic E-state index is -0.331. The first-order valence-corrected chi connectivity index (χ1v) is 7.57. The second-order valence-electron chi connectivity index (χ2n) is 5.47.